The number of nitrogens with zero attached hydrogens (tertiary/aromatic N) is 2. The Labute approximate surface area is 185 Å². The van der Waals surface area contributed by atoms with Gasteiger partial charge in [-0.15, -0.1) is 0 Å². The number of methoxy groups -OCH3 is 1. The predicted molar refractivity (Wildman–Crippen MR) is 120 cm³/mol. The number of carbonyl (C=O) groups excluding carboxylic acids is 1. The van der Waals surface area contributed by atoms with E-state index in [0.717, 1.165) is 10.9 Å². The van der Waals surface area contributed by atoms with Crippen LogP contribution in [0.25, 0.3) is 11.0 Å². The number of hydrogen-bond donors (Lipinski definition) is 1. The summed E-state index contributed by atoms with van der Waals surface area (Å²) in [5.74, 6) is 0.894. The third-order valence-electron chi connectivity index (χ3n) is 5.78. The number of fused-ring (bicyclic) bond motifs is 1. The second-order valence-corrected chi connectivity index (χ2v) is 10.3. The summed E-state index contributed by atoms with van der Waals surface area (Å²) in [6.45, 7) is 3.62. The molecule has 0 saturated carbocycles. The van der Waals surface area contributed by atoms with E-state index in [9.17, 15) is 18.0 Å². The van der Waals surface area contributed by atoms with Gasteiger partial charge in [-0.2, -0.15) is 5.10 Å². The number of ether oxygens (including phenoxy) is 1. The standard InChI is InChI=1S/C22H25N3O6S/c1-13-10-20(25(24-13)15-8-9-32(28,29)12-15)23-21(26)7-6-18-14(2)17-5-4-16(30-3)11-19(17)31-22(18)27/h4-5,10-11,15H,6-9,12H2,1-3H3,(H,23,26). The minimum atomic E-state index is -3.08. The highest BCUT2D eigenvalue weighted by Gasteiger charge is 2.31. The number of sulfone groups is 1. The van der Waals surface area contributed by atoms with Gasteiger partial charge in [0, 0.05) is 29.5 Å². The van der Waals surface area contributed by atoms with E-state index in [4.69, 9.17) is 9.15 Å². The largest absolute Gasteiger partial charge is 0.497 e. The zero-order valence-electron chi connectivity index (χ0n) is 18.2. The zero-order chi connectivity index (χ0) is 23.0. The lowest BCUT2D eigenvalue weighted by molar-refractivity contribution is -0.116. The molecule has 0 aliphatic carbocycles. The lowest BCUT2D eigenvalue weighted by Gasteiger charge is -2.14. The first-order chi connectivity index (χ1) is 15.2. The van der Waals surface area contributed by atoms with Crippen molar-refractivity contribution in [3.8, 4) is 5.75 Å². The summed E-state index contributed by atoms with van der Waals surface area (Å²) in [4.78, 5) is 25.1. The second kappa shape index (κ2) is 8.42. The Balaban J connectivity index is 1.50. The Bertz CT molecular complexity index is 1360. The molecular weight excluding hydrogens is 434 g/mol. The van der Waals surface area contributed by atoms with Gasteiger partial charge in [-0.3, -0.25) is 4.79 Å². The molecule has 1 fully saturated rings. The van der Waals surface area contributed by atoms with Gasteiger partial charge in [0.1, 0.15) is 17.2 Å². The summed E-state index contributed by atoms with van der Waals surface area (Å²) in [6.07, 6.45) is 0.752. The molecule has 0 spiro atoms. The first-order valence-corrected chi connectivity index (χ1v) is 12.2. The van der Waals surface area contributed by atoms with Crippen molar-refractivity contribution in [3.05, 3.63) is 51.5 Å². The van der Waals surface area contributed by atoms with Crippen LogP contribution >= 0.6 is 0 Å². The fourth-order valence-corrected chi connectivity index (χ4v) is 5.78. The topological polar surface area (TPSA) is 120 Å². The molecule has 1 N–H and O–H groups in total. The molecule has 1 aliphatic heterocycles. The SMILES string of the molecule is COc1ccc2c(C)c(CCC(=O)Nc3cc(C)nn3C3CCS(=O)(=O)C3)c(=O)oc2c1. The molecule has 1 saturated heterocycles. The highest BCUT2D eigenvalue weighted by Crippen LogP contribution is 2.28. The van der Waals surface area contributed by atoms with E-state index >= 15 is 0 Å². The Kier molecular flexibility index (Phi) is 5.81. The lowest BCUT2D eigenvalue weighted by atomic mass is 10.0. The normalized spacial score (nSPS) is 17.5. The first-order valence-electron chi connectivity index (χ1n) is 10.3. The molecule has 2 aromatic heterocycles. The monoisotopic (exact) mass is 459 g/mol. The third-order valence-corrected chi connectivity index (χ3v) is 7.53. The molecule has 0 radical (unpaired) electrons. The maximum Gasteiger partial charge on any atom is 0.339 e. The Morgan fingerprint density at radius 2 is 2.09 bits per heavy atom. The molecule has 4 rings (SSSR count). The summed E-state index contributed by atoms with van der Waals surface area (Å²) >= 11 is 0. The van der Waals surface area contributed by atoms with Crippen LogP contribution in [0.1, 0.15) is 35.7 Å². The second-order valence-electron chi connectivity index (χ2n) is 8.08. The molecule has 0 bridgehead atoms. The van der Waals surface area contributed by atoms with Crippen molar-refractivity contribution in [1.29, 1.82) is 0 Å². The van der Waals surface area contributed by atoms with E-state index in [1.165, 1.54) is 7.11 Å². The summed E-state index contributed by atoms with van der Waals surface area (Å²) in [5, 5.41) is 7.97. The summed E-state index contributed by atoms with van der Waals surface area (Å²) in [6, 6.07) is 6.69. The molecule has 9 nitrogen and oxygen atoms in total. The fraction of sp³-hybridized carbons (Fsp3) is 0.409. The maximum absolute atomic E-state index is 12.6. The Hall–Kier alpha value is -3.14. The van der Waals surface area contributed by atoms with Crippen LogP contribution in [0.2, 0.25) is 0 Å². The average molecular weight is 460 g/mol. The summed E-state index contributed by atoms with van der Waals surface area (Å²) < 4.78 is 35.9. The van der Waals surface area contributed by atoms with Crippen molar-refractivity contribution in [2.45, 2.75) is 39.2 Å². The van der Waals surface area contributed by atoms with E-state index in [0.29, 0.717) is 34.8 Å². The fourth-order valence-electron chi connectivity index (χ4n) is 4.09. The third kappa shape index (κ3) is 4.40. The number of aryl methyl sites for hydroxylation is 2. The maximum atomic E-state index is 12.6. The van der Waals surface area contributed by atoms with E-state index in [2.05, 4.69) is 10.4 Å². The predicted octanol–water partition coefficient (Wildman–Crippen LogP) is 2.55. The van der Waals surface area contributed by atoms with Crippen LogP contribution in [-0.2, 0) is 21.1 Å². The Morgan fingerprint density at radius 3 is 2.78 bits per heavy atom. The van der Waals surface area contributed by atoms with Crippen molar-refractivity contribution in [3.63, 3.8) is 0 Å². The van der Waals surface area contributed by atoms with Crippen LogP contribution < -0.4 is 15.7 Å². The molecule has 1 atom stereocenters. The lowest BCUT2D eigenvalue weighted by Crippen LogP contribution is -2.21. The number of rotatable bonds is 6. The van der Waals surface area contributed by atoms with Crippen LogP contribution in [0, 0.1) is 13.8 Å². The van der Waals surface area contributed by atoms with E-state index < -0.39 is 15.5 Å². The van der Waals surface area contributed by atoms with Crippen molar-refractivity contribution >= 4 is 32.5 Å². The molecule has 10 heteroatoms. The van der Waals surface area contributed by atoms with Gasteiger partial charge in [-0.05, 0) is 44.4 Å². The van der Waals surface area contributed by atoms with Gasteiger partial charge in [0.15, 0.2) is 9.84 Å². The number of amides is 1. The van der Waals surface area contributed by atoms with Crippen LogP contribution in [0.3, 0.4) is 0 Å². The van der Waals surface area contributed by atoms with Crippen molar-refractivity contribution < 1.29 is 22.4 Å². The van der Waals surface area contributed by atoms with Gasteiger partial charge in [0.05, 0.1) is 30.4 Å². The summed E-state index contributed by atoms with van der Waals surface area (Å²) in [5.41, 5.74) is 1.86. The molecule has 1 aromatic carbocycles. The van der Waals surface area contributed by atoms with Crippen LogP contribution in [0.5, 0.6) is 5.75 Å². The van der Waals surface area contributed by atoms with Gasteiger partial charge in [-0.25, -0.2) is 17.9 Å². The van der Waals surface area contributed by atoms with Gasteiger partial charge in [0.25, 0.3) is 0 Å². The average Bonchev–Trinajstić information content (AvgIpc) is 3.28. The molecule has 1 amide bonds. The molecule has 1 aliphatic rings. The quantitative estimate of drug-likeness (QED) is 0.562. The van der Waals surface area contributed by atoms with Gasteiger partial charge < -0.3 is 14.5 Å². The molecular formula is C22H25N3O6S. The smallest absolute Gasteiger partial charge is 0.339 e. The molecule has 170 valence electrons. The highest BCUT2D eigenvalue weighted by molar-refractivity contribution is 7.91. The van der Waals surface area contributed by atoms with Crippen molar-refractivity contribution in [2.24, 2.45) is 0 Å². The zero-order valence-corrected chi connectivity index (χ0v) is 19.0. The van der Waals surface area contributed by atoms with Crippen molar-refractivity contribution in [2.75, 3.05) is 23.9 Å². The Morgan fingerprint density at radius 1 is 1.31 bits per heavy atom. The number of anilines is 1. The number of benzene rings is 1. The summed E-state index contributed by atoms with van der Waals surface area (Å²) in [7, 11) is -1.54. The van der Waals surface area contributed by atoms with Gasteiger partial charge in [0.2, 0.25) is 5.91 Å². The van der Waals surface area contributed by atoms with Crippen molar-refractivity contribution in [1.82, 2.24) is 9.78 Å². The minimum absolute atomic E-state index is 0.0130. The molecule has 1 unspecified atom stereocenters. The molecule has 32 heavy (non-hydrogen) atoms. The molecule has 3 aromatic rings. The van der Waals surface area contributed by atoms with Crippen LogP contribution in [-0.4, -0.2) is 42.7 Å². The molecule has 3 heterocycles. The minimum Gasteiger partial charge on any atom is -0.497 e. The number of carbonyl (C=O) groups is 1. The van der Waals surface area contributed by atoms with E-state index in [1.54, 1.807) is 29.8 Å². The van der Waals surface area contributed by atoms with E-state index in [1.807, 2.05) is 13.0 Å². The van der Waals surface area contributed by atoms with Crippen LogP contribution in [0.4, 0.5) is 5.82 Å². The van der Waals surface area contributed by atoms with Crippen LogP contribution in [0.15, 0.2) is 33.5 Å². The van der Waals surface area contributed by atoms with E-state index in [-0.39, 0.29) is 36.3 Å². The van der Waals surface area contributed by atoms with Gasteiger partial charge in [-0.1, -0.05) is 0 Å². The number of hydrogen-bond acceptors (Lipinski definition) is 7. The highest BCUT2D eigenvalue weighted by atomic mass is 32.2. The first kappa shape index (κ1) is 22.1. The number of nitrogens with one attached hydrogen (secondary N) is 1. The number of aromatic nitrogens is 2. The van der Waals surface area contributed by atoms with Gasteiger partial charge >= 0.3 is 5.63 Å².